The lowest BCUT2D eigenvalue weighted by Crippen LogP contribution is -2.14. The van der Waals surface area contributed by atoms with E-state index in [0.717, 1.165) is 13.1 Å². The summed E-state index contributed by atoms with van der Waals surface area (Å²) in [4.78, 5) is 6.79. The van der Waals surface area contributed by atoms with Crippen LogP contribution in [0.15, 0.2) is 48.4 Å². The maximum Gasteiger partial charge on any atom is 0.433 e. The number of ether oxygens (including phenoxy) is 1. The highest BCUT2D eigenvalue weighted by atomic mass is 19.4. The Morgan fingerprint density at radius 1 is 1.23 bits per heavy atom. The van der Waals surface area contributed by atoms with Crippen LogP contribution in [0, 0.1) is 0 Å². The zero-order valence-electron chi connectivity index (χ0n) is 13.5. The zero-order valence-corrected chi connectivity index (χ0v) is 13.5. The van der Waals surface area contributed by atoms with Gasteiger partial charge in [0.1, 0.15) is 6.61 Å². The molecule has 2 aromatic rings. The number of nitrogens with one attached hydrogen (secondary N) is 1. The molecule has 1 heterocycles. The van der Waals surface area contributed by atoms with Gasteiger partial charge in [-0.25, -0.2) is 13.8 Å². The number of aromatic nitrogens is 2. The Hall–Kier alpha value is -2.91. The largest absolute Gasteiger partial charge is 0.457 e. The Balaban J connectivity index is 1.97. The first-order chi connectivity index (χ1) is 12.1. The van der Waals surface area contributed by atoms with Gasteiger partial charge in [0.15, 0.2) is 5.69 Å². The highest BCUT2D eigenvalue weighted by Gasteiger charge is 2.33. The second-order valence-corrected chi connectivity index (χ2v) is 5.34. The van der Waals surface area contributed by atoms with Gasteiger partial charge in [-0.3, -0.25) is 0 Å². The summed E-state index contributed by atoms with van der Waals surface area (Å²) in [5.41, 5.74) is 4.81. The van der Waals surface area contributed by atoms with E-state index in [1.165, 1.54) is 24.4 Å². The molecule has 0 aliphatic carbocycles. The molecule has 5 nitrogen and oxygen atoms in total. The number of rotatable bonds is 6. The van der Waals surface area contributed by atoms with E-state index in [1.54, 1.807) is 6.07 Å². The van der Waals surface area contributed by atoms with Crippen LogP contribution in [0.3, 0.4) is 0 Å². The van der Waals surface area contributed by atoms with Gasteiger partial charge in [-0.15, -0.1) is 0 Å². The van der Waals surface area contributed by atoms with Crippen LogP contribution in [0.4, 0.5) is 27.6 Å². The van der Waals surface area contributed by atoms with E-state index in [0.29, 0.717) is 11.8 Å². The number of hydrogen-bond acceptors (Lipinski definition) is 5. The van der Waals surface area contributed by atoms with E-state index in [-0.39, 0.29) is 17.9 Å². The number of nitrogens with zero attached hydrogens (tertiary/aromatic N) is 2. The van der Waals surface area contributed by atoms with Crippen molar-refractivity contribution in [3.8, 4) is 6.01 Å². The molecule has 0 aliphatic rings. The molecule has 0 atom stereocenters. The SMILES string of the molecule is CC(F)(F)c1cccc(N/C=C(\N)COc2nccc(C(F)(F)F)n2)c1. The van der Waals surface area contributed by atoms with Gasteiger partial charge >= 0.3 is 12.2 Å². The first kappa shape index (κ1) is 19.4. The molecular formula is C16H15F5N4O. The summed E-state index contributed by atoms with van der Waals surface area (Å²) in [5, 5.41) is 2.71. The molecule has 0 saturated carbocycles. The predicted molar refractivity (Wildman–Crippen MR) is 84.4 cm³/mol. The topological polar surface area (TPSA) is 73.1 Å². The number of anilines is 1. The van der Waals surface area contributed by atoms with Crippen molar-refractivity contribution in [2.24, 2.45) is 5.73 Å². The molecular weight excluding hydrogens is 359 g/mol. The monoisotopic (exact) mass is 374 g/mol. The van der Waals surface area contributed by atoms with Crippen LogP contribution in [0.2, 0.25) is 0 Å². The van der Waals surface area contributed by atoms with E-state index in [9.17, 15) is 22.0 Å². The molecule has 3 N–H and O–H groups in total. The molecule has 0 radical (unpaired) electrons. The van der Waals surface area contributed by atoms with Crippen molar-refractivity contribution in [2.75, 3.05) is 11.9 Å². The lowest BCUT2D eigenvalue weighted by atomic mass is 10.1. The number of halogens is 5. The van der Waals surface area contributed by atoms with E-state index in [4.69, 9.17) is 10.5 Å². The lowest BCUT2D eigenvalue weighted by Gasteiger charge is -2.12. The smallest absolute Gasteiger partial charge is 0.433 e. The van der Waals surface area contributed by atoms with Crippen molar-refractivity contribution < 1.29 is 26.7 Å². The Morgan fingerprint density at radius 2 is 1.96 bits per heavy atom. The molecule has 0 saturated heterocycles. The van der Waals surface area contributed by atoms with Crippen LogP contribution in [0.1, 0.15) is 18.2 Å². The summed E-state index contributed by atoms with van der Waals surface area (Å²) in [6.07, 6.45) is -2.42. The third-order valence-corrected chi connectivity index (χ3v) is 3.09. The van der Waals surface area contributed by atoms with E-state index in [1.807, 2.05) is 0 Å². The fourth-order valence-electron chi connectivity index (χ4n) is 1.82. The summed E-state index contributed by atoms with van der Waals surface area (Å²) in [6, 6.07) is 5.77. The second-order valence-electron chi connectivity index (χ2n) is 5.34. The Bertz CT molecular complexity index is 787. The number of hydrogen-bond donors (Lipinski definition) is 2. The fraction of sp³-hybridized carbons (Fsp3) is 0.250. The van der Waals surface area contributed by atoms with E-state index >= 15 is 0 Å². The average Bonchev–Trinajstić information content (AvgIpc) is 2.57. The second kappa shape index (κ2) is 7.54. The summed E-state index contributed by atoms with van der Waals surface area (Å²) >= 11 is 0. The zero-order chi connectivity index (χ0) is 19.4. The van der Waals surface area contributed by atoms with Crippen molar-refractivity contribution in [3.05, 3.63) is 59.7 Å². The van der Waals surface area contributed by atoms with Crippen LogP contribution < -0.4 is 15.8 Å². The molecule has 0 spiro atoms. The van der Waals surface area contributed by atoms with Crippen molar-refractivity contribution >= 4 is 5.69 Å². The first-order valence-corrected chi connectivity index (χ1v) is 7.28. The quantitative estimate of drug-likeness (QED) is 0.751. The molecule has 0 bridgehead atoms. The lowest BCUT2D eigenvalue weighted by molar-refractivity contribution is -0.141. The Labute approximate surface area is 145 Å². The van der Waals surface area contributed by atoms with Crippen molar-refractivity contribution in [1.82, 2.24) is 9.97 Å². The summed E-state index contributed by atoms with van der Waals surface area (Å²) in [7, 11) is 0. The molecule has 10 heteroatoms. The minimum absolute atomic E-state index is 0.0969. The summed E-state index contributed by atoms with van der Waals surface area (Å²) < 4.78 is 69.2. The maximum atomic E-state index is 13.3. The van der Waals surface area contributed by atoms with E-state index in [2.05, 4.69) is 15.3 Å². The van der Waals surface area contributed by atoms with Gasteiger partial charge in [-0.2, -0.15) is 18.2 Å². The Kier molecular flexibility index (Phi) is 5.63. The number of nitrogens with two attached hydrogens (primary N) is 1. The highest BCUT2D eigenvalue weighted by Crippen LogP contribution is 2.29. The molecule has 1 aromatic heterocycles. The van der Waals surface area contributed by atoms with Crippen LogP contribution in [0.25, 0.3) is 0 Å². The van der Waals surface area contributed by atoms with Crippen LogP contribution in [-0.4, -0.2) is 16.6 Å². The molecule has 2 rings (SSSR count). The van der Waals surface area contributed by atoms with Crippen molar-refractivity contribution in [3.63, 3.8) is 0 Å². The van der Waals surface area contributed by atoms with Gasteiger partial charge in [0.25, 0.3) is 5.92 Å². The first-order valence-electron chi connectivity index (χ1n) is 7.28. The third kappa shape index (κ3) is 5.57. The van der Waals surface area contributed by atoms with E-state index < -0.39 is 23.8 Å². The van der Waals surface area contributed by atoms with Gasteiger partial charge in [-0.05, 0) is 18.2 Å². The fourth-order valence-corrected chi connectivity index (χ4v) is 1.82. The van der Waals surface area contributed by atoms with Crippen LogP contribution in [-0.2, 0) is 12.1 Å². The molecule has 0 aliphatic heterocycles. The van der Waals surface area contributed by atoms with Gasteiger partial charge in [0.05, 0.1) is 5.70 Å². The molecule has 0 amide bonds. The normalized spacial score (nSPS) is 12.8. The van der Waals surface area contributed by atoms with Crippen LogP contribution >= 0.6 is 0 Å². The maximum absolute atomic E-state index is 13.3. The van der Waals surface area contributed by atoms with Gasteiger partial charge in [0.2, 0.25) is 0 Å². The Morgan fingerprint density at radius 3 is 2.62 bits per heavy atom. The number of benzene rings is 1. The molecule has 26 heavy (non-hydrogen) atoms. The highest BCUT2D eigenvalue weighted by molar-refractivity contribution is 5.49. The predicted octanol–water partition coefficient (Wildman–Crippen LogP) is 3.90. The third-order valence-electron chi connectivity index (χ3n) is 3.09. The molecule has 0 unspecified atom stereocenters. The molecule has 0 fully saturated rings. The minimum atomic E-state index is -4.61. The van der Waals surface area contributed by atoms with Gasteiger partial charge < -0.3 is 15.8 Å². The van der Waals surface area contributed by atoms with Gasteiger partial charge in [-0.1, -0.05) is 12.1 Å². The summed E-state index contributed by atoms with van der Waals surface area (Å²) in [6.45, 7) is 0.483. The standard InChI is InChI=1S/C16H15F5N4O/c1-15(17,18)10-3-2-4-12(7-10)24-8-11(22)9-26-14-23-6-5-13(25-14)16(19,20)21/h2-8,24H,9,22H2,1H3/b11-8-. The molecule has 140 valence electrons. The number of alkyl halides is 5. The van der Waals surface area contributed by atoms with Gasteiger partial charge in [0, 0.05) is 30.6 Å². The minimum Gasteiger partial charge on any atom is -0.457 e. The van der Waals surface area contributed by atoms with Crippen molar-refractivity contribution in [1.29, 1.82) is 0 Å². The van der Waals surface area contributed by atoms with Crippen molar-refractivity contribution in [2.45, 2.75) is 19.0 Å². The van der Waals surface area contributed by atoms with Crippen LogP contribution in [0.5, 0.6) is 6.01 Å². The summed E-state index contributed by atoms with van der Waals surface area (Å²) in [5.74, 6) is -2.99. The average molecular weight is 374 g/mol. The molecule has 1 aromatic carbocycles.